The van der Waals surface area contributed by atoms with Gasteiger partial charge in [0.05, 0.1) is 12.9 Å². The van der Waals surface area contributed by atoms with E-state index >= 15 is 0 Å². The van der Waals surface area contributed by atoms with Gasteiger partial charge in [-0.15, -0.1) is 0 Å². The molecule has 4 nitrogen and oxygen atoms in total. The van der Waals surface area contributed by atoms with E-state index in [0.29, 0.717) is 12.6 Å². The normalized spacial score (nSPS) is 24.6. The molecule has 0 aromatic rings. The highest BCUT2D eigenvalue weighted by atomic mass is 32.2. The molecule has 1 heterocycles. The highest BCUT2D eigenvalue weighted by Crippen LogP contribution is 2.06. The molecule has 1 N–H and O–H groups in total. The number of hydrogen-bond acceptors (Lipinski definition) is 4. The van der Waals surface area contributed by atoms with E-state index < -0.39 is 10.1 Å². The van der Waals surface area contributed by atoms with Crippen LogP contribution < -0.4 is 5.32 Å². The van der Waals surface area contributed by atoms with Crippen LogP contribution in [0.25, 0.3) is 0 Å². The average Bonchev–Trinajstić information content (AvgIpc) is 1.73. The summed E-state index contributed by atoms with van der Waals surface area (Å²) in [6.45, 7) is 1.35. The van der Waals surface area contributed by atoms with Crippen molar-refractivity contribution >= 4 is 10.1 Å². The average molecular weight is 179 g/mol. The Morgan fingerprint density at radius 3 is 2.64 bits per heavy atom. The van der Waals surface area contributed by atoms with Crippen LogP contribution in [-0.2, 0) is 14.3 Å². The van der Waals surface area contributed by atoms with Gasteiger partial charge in [-0.2, -0.15) is 8.42 Å². The minimum absolute atomic E-state index is 0.302. The molecule has 11 heavy (non-hydrogen) atoms. The fourth-order valence-electron chi connectivity index (χ4n) is 0.937. The Morgan fingerprint density at radius 2 is 2.27 bits per heavy atom. The summed E-state index contributed by atoms with van der Waals surface area (Å²) in [6, 6.07) is 0.469. The zero-order valence-corrected chi connectivity index (χ0v) is 7.36. The molecule has 5 heteroatoms. The molecule has 1 fully saturated rings. The summed E-state index contributed by atoms with van der Waals surface area (Å²) in [5.74, 6) is 0. The third-order valence-electron chi connectivity index (χ3n) is 1.69. The van der Waals surface area contributed by atoms with Crippen molar-refractivity contribution in [2.45, 2.75) is 18.9 Å². The van der Waals surface area contributed by atoms with Gasteiger partial charge in [-0.05, 0) is 19.4 Å². The fourth-order valence-corrected chi connectivity index (χ4v) is 1.34. The van der Waals surface area contributed by atoms with Gasteiger partial charge in [0.2, 0.25) is 0 Å². The SMILES string of the molecule is CS(=O)(=O)OCCC1CCN1. The largest absolute Gasteiger partial charge is 0.314 e. The second kappa shape index (κ2) is 3.51. The quantitative estimate of drug-likeness (QED) is 0.603. The Balaban J connectivity index is 2.04. The molecular weight excluding hydrogens is 166 g/mol. The van der Waals surface area contributed by atoms with E-state index in [1.54, 1.807) is 0 Å². The summed E-state index contributed by atoms with van der Waals surface area (Å²) in [4.78, 5) is 0. The minimum Gasteiger partial charge on any atom is -0.314 e. The second-order valence-corrected chi connectivity index (χ2v) is 4.40. The van der Waals surface area contributed by atoms with Gasteiger partial charge in [-0.1, -0.05) is 0 Å². The van der Waals surface area contributed by atoms with Crippen molar-refractivity contribution in [3.8, 4) is 0 Å². The van der Waals surface area contributed by atoms with Crippen molar-refractivity contribution in [3.05, 3.63) is 0 Å². The van der Waals surface area contributed by atoms with Crippen LogP contribution >= 0.6 is 0 Å². The maximum atomic E-state index is 10.5. The van der Waals surface area contributed by atoms with Gasteiger partial charge in [0, 0.05) is 6.04 Å². The Bertz CT molecular complexity index is 208. The molecule has 1 aliphatic heterocycles. The summed E-state index contributed by atoms with van der Waals surface area (Å²) >= 11 is 0. The van der Waals surface area contributed by atoms with E-state index in [4.69, 9.17) is 0 Å². The van der Waals surface area contributed by atoms with Crippen LogP contribution in [0.2, 0.25) is 0 Å². The lowest BCUT2D eigenvalue weighted by Gasteiger charge is -2.26. The van der Waals surface area contributed by atoms with Crippen LogP contribution in [0.5, 0.6) is 0 Å². The maximum Gasteiger partial charge on any atom is 0.264 e. The second-order valence-electron chi connectivity index (χ2n) is 2.75. The molecule has 0 amide bonds. The first-order valence-electron chi connectivity index (χ1n) is 3.66. The van der Waals surface area contributed by atoms with Gasteiger partial charge in [0.25, 0.3) is 10.1 Å². The summed E-state index contributed by atoms with van der Waals surface area (Å²) in [7, 11) is -3.23. The minimum atomic E-state index is -3.23. The monoisotopic (exact) mass is 179 g/mol. The number of rotatable bonds is 4. The molecule has 66 valence electrons. The highest BCUT2D eigenvalue weighted by Gasteiger charge is 2.16. The van der Waals surface area contributed by atoms with E-state index in [9.17, 15) is 8.42 Å². The van der Waals surface area contributed by atoms with E-state index in [0.717, 1.165) is 25.6 Å². The Kier molecular flexibility index (Phi) is 2.86. The molecule has 0 aromatic carbocycles. The summed E-state index contributed by atoms with van der Waals surface area (Å²) in [6.07, 6.45) is 2.99. The van der Waals surface area contributed by atoms with E-state index in [-0.39, 0.29) is 0 Å². The third kappa shape index (κ3) is 3.69. The van der Waals surface area contributed by atoms with Crippen LogP contribution in [0, 0.1) is 0 Å². The van der Waals surface area contributed by atoms with Crippen molar-refractivity contribution < 1.29 is 12.6 Å². The Morgan fingerprint density at radius 1 is 1.64 bits per heavy atom. The first-order valence-corrected chi connectivity index (χ1v) is 5.47. The smallest absolute Gasteiger partial charge is 0.264 e. The first kappa shape index (κ1) is 8.96. The van der Waals surface area contributed by atoms with Crippen molar-refractivity contribution in [2.24, 2.45) is 0 Å². The molecule has 1 aliphatic rings. The molecule has 1 unspecified atom stereocenters. The summed E-state index contributed by atoms with van der Waals surface area (Å²) in [5, 5.41) is 3.16. The van der Waals surface area contributed by atoms with Crippen molar-refractivity contribution in [1.82, 2.24) is 5.32 Å². The molecule has 0 radical (unpaired) electrons. The lowest BCUT2D eigenvalue weighted by Crippen LogP contribution is -2.43. The predicted octanol–water partition coefficient (Wildman–Crippen LogP) is -0.285. The molecule has 1 atom stereocenters. The van der Waals surface area contributed by atoms with Gasteiger partial charge < -0.3 is 5.32 Å². The topological polar surface area (TPSA) is 55.4 Å². The predicted molar refractivity (Wildman–Crippen MR) is 41.8 cm³/mol. The van der Waals surface area contributed by atoms with Gasteiger partial charge >= 0.3 is 0 Å². The van der Waals surface area contributed by atoms with Crippen LogP contribution in [0.15, 0.2) is 0 Å². The summed E-state index contributed by atoms with van der Waals surface area (Å²) in [5.41, 5.74) is 0. The Labute approximate surface area is 67.1 Å². The third-order valence-corrected chi connectivity index (χ3v) is 2.28. The standard InChI is InChI=1S/C6H13NO3S/c1-11(8,9)10-5-3-6-2-4-7-6/h6-7H,2-5H2,1H3. The molecule has 1 saturated heterocycles. The molecule has 0 aliphatic carbocycles. The fraction of sp³-hybridized carbons (Fsp3) is 1.00. The molecule has 0 spiro atoms. The van der Waals surface area contributed by atoms with Gasteiger partial charge in [0.1, 0.15) is 0 Å². The number of hydrogen-bond donors (Lipinski definition) is 1. The molecule has 0 saturated carbocycles. The number of nitrogens with one attached hydrogen (secondary N) is 1. The van der Waals surface area contributed by atoms with Crippen molar-refractivity contribution in [1.29, 1.82) is 0 Å². The zero-order chi connectivity index (χ0) is 8.32. The van der Waals surface area contributed by atoms with Crippen LogP contribution in [0.3, 0.4) is 0 Å². The van der Waals surface area contributed by atoms with Crippen molar-refractivity contribution in [3.63, 3.8) is 0 Å². The van der Waals surface area contributed by atoms with Crippen molar-refractivity contribution in [2.75, 3.05) is 19.4 Å². The zero-order valence-electron chi connectivity index (χ0n) is 6.54. The molecule has 1 rings (SSSR count). The van der Waals surface area contributed by atoms with E-state index in [1.807, 2.05) is 0 Å². The first-order chi connectivity index (χ1) is 5.08. The lowest BCUT2D eigenvalue weighted by atomic mass is 10.1. The molecular formula is C6H13NO3S. The highest BCUT2D eigenvalue weighted by molar-refractivity contribution is 7.85. The van der Waals surface area contributed by atoms with Crippen LogP contribution in [0.4, 0.5) is 0 Å². The summed E-state index contributed by atoms with van der Waals surface area (Å²) < 4.78 is 25.5. The van der Waals surface area contributed by atoms with E-state index in [1.165, 1.54) is 0 Å². The van der Waals surface area contributed by atoms with Crippen LogP contribution in [0.1, 0.15) is 12.8 Å². The molecule has 0 bridgehead atoms. The van der Waals surface area contributed by atoms with Gasteiger partial charge in [0.15, 0.2) is 0 Å². The Hall–Kier alpha value is -0.130. The van der Waals surface area contributed by atoms with Gasteiger partial charge in [-0.3, -0.25) is 4.18 Å². The lowest BCUT2D eigenvalue weighted by molar-refractivity contribution is 0.258. The van der Waals surface area contributed by atoms with Crippen LogP contribution in [-0.4, -0.2) is 33.9 Å². The van der Waals surface area contributed by atoms with E-state index in [2.05, 4.69) is 9.50 Å². The molecule has 0 aromatic heterocycles. The maximum absolute atomic E-state index is 10.5. The van der Waals surface area contributed by atoms with Gasteiger partial charge in [-0.25, -0.2) is 0 Å².